The molecule has 1 aromatic carbocycles. The van der Waals surface area contributed by atoms with Crippen LogP contribution in [0.4, 0.5) is 0 Å². The molecule has 0 atom stereocenters. The molecule has 2 aromatic rings. The number of nitrogens with two attached hydrogens (primary N) is 1. The lowest BCUT2D eigenvalue weighted by atomic mass is 10.1. The Morgan fingerprint density at radius 1 is 1.17 bits per heavy atom. The predicted molar refractivity (Wildman–Crippen MR) is 91.8 cm³/mol. The van der Waals surface area contributed by atoms with Gasteiger partial charge in [-0.2, -0.15) is 0 Å². The predicted octanol–water partition coefficient (Wildman–Crippen LogP) is -0.0882. The van der Waals surface area contributed by atoms with Gasteiger partial charge in [-0.1, -0.05) is 30.3 Å². The van der Waals surface area contributed by atoms with E-state index in [0.29, 0.717) is 6.54 Å². The van der Waals surface area contributed by atoms with E-state index >= 15 is 0 Å². The van der Waals surface area contributed by atoms with Crippen molar-refractivity contribution in [2.24, 2.45) is 5.73 Å². The number of hydrogen-bond donors (Lipinski definition) is 2. The van der Waals surface area contributed by atoms with Crippen molar-refractivity contribution in [3.63, 3.8) is 0 Å². The van der Waals surface area contributed by atoms with Gasteiger partial charge in [0.1, 0.15) is 6.54 Å². The average molecular weight is 330 g/mol. The van der Waals surface area contributed by atoms with Crippen molar-refractivity contribution in [3.05, 3.63) is 69.0 Å². The zero-order chi connectivity index (χ0) is 17.7. The largest absolute Gasteiger partial charge is 0.348 e. The van der Waals surface area contributed by atoms with Crippen LogP contribution in [0.25, 0.3) is 0 Å². The smallest absolute Gasteiger partial charge is 0.331 e. The number of benzene rings is 1. The number of hydrogen-bond acceptors (Lipinski definition) is 4. The van der Waals surface area contributed by atoms with Crippen LogP contribution >= 0.6 is 0 Å². The second-order valence-corrected chi connectivity index (χ2v) is 6.27. The molecule has 0 radical (unpaired) electrons. The van der Waals surface area contributed by atoms with Crippen molar-refractivity contribution >= 4 is 5.91 Å². The highest BCUT2D eigenvalue weighted by atomic mass is 16.2. The summed E-state index contributed by atoms with van der Waals surface area (Å²) in [6.45, 7) is 3.78. The quantitative estimate of drug-likeness (QED) is 0.773. The summed E-state index contributed by atoms with van der Waals surface area (Å²) in [5, 5.41) is 2.71. The topological polar surface area (TPSA) is 99.1 Å². The molecule has 1 amide bonds. The molecule has 0 bridgehead atoms. The monoisotopic (exact) mass is 330 g/mol. The van der Waals surface area contributed by atoms with Crippen LogP contribution in [-0.4, -0.2) is 27.1 Å². The zero-order valence-corrected chi connectivity index (χ0v) is 13.9. The van der Waals surface area contributed by atoms with Crippen molar-refractivity contribution in [1.82, 2.24) is 14.5 Å². The third-order valence-corrected chi connectivity index (χ3v) is 3.63. The summed E-state index contributed by atoms with van der Waals surface area (Å²) in [5.74, 6) is -0.429. The first-order valence-electron chi connectivity index (χ1n) is 7.68. The van der Waals surface area contributed by atoms with Crippen LogP contribution < -0.4 is 22.3 Å². The first kappa shape index (κ1) is 17.7. The van der Waals surface area contributed by atoms with E-state index in [-0.39, 0.29) is 13.1 Å². The van der Waals surface area contributed by atoms with E-state index in [4.69, 9.17) is 5.73 Å². The lowest BCUT2D eigenvalue weighted by molar-refractivity contribution is -0.123. The van der Waals surface area contributed by atoms with Crippen molar-refractivity contribution in [1.29, 1.82) is 0 Å². The van der Waals surface area contributed by atoms with E-state index < -0.39 is 22.7 Å². The van der Waals surface area contributed by atoms with Crippen molar-refractivity contribution < 1.29 is 4.79 Å². The maximum atomic E-state index is 12.5. The fourth-order valence-electron chi connectivity index (χ4n) is 2.21. The van der Waals surface area contributed by atoms with E-state index in [0.717, 1.165) is 10.1 Å². The van der Waals surface area contributed by atoms with E-state index in [1.54, 1.807) is 13.8 Å². The Morgan fingerprint density at radius 3 is 2.46 bits per heavy atom. The second kappa shape index (κ2) is 7.27. The van der Waals surface area contributed by atoms with E-state index in [9.17, 15) is 14.4 Å². The molecule has 24 heavy (non-hydrogen) atoms. The van der Waals surface area contributed by atoms with Gasteiger partial charge in [0.05, 0.1) is 6.54 Å². The van der Waals surface area contributed by atoms with Gasteiger partial charge in [0.25, 0.3) is 5.56 Å². The van der Waals surface area contributed by atoms with Crippen LogP contribution in [-0.2, 0) is 17.9 Å². The lowest BCUT2D eigenvalue weighted by Crippen LogP contribution is -2.51. The van der Waals surface area contributed by atoms with Crippen LogP contribution in [0.2, 0.25) is 0 Å². The second-order valence-electron chi connectivity index (χ2n) is 6.27. The Labute approximate surface area is 139 Å². The summed E-state index contributed by atoms with van der Waals surface area (Å²) >= 11 is 0. The molecule has 2 rings (SSSR count). The Balaban J connectivity index is 2.25. The normalized spacial score (nSPS) is 11.3. The maximum absolute atomic E-state index is 12.5. The summed E-state index contributed by atoms with van der Waals surface area (Å²) in [5.41, 5.74) is 4.87. The van der Waals surface area contributed by atoms with Gasteiger partial charge in [-0.25, -0.2) is 4.79 Å². The Morgan fingerprint density at radius 2 is 1.83 bits per heavy atom. The molecule has 0 unspecified atom stereocenters. The number of amides is 1. The standard InChI is InChI=1S/C17H22N4O3/c1-17(2,12-18)19-14(22)11-21-15(23)8-9-20(16(21)24)10-13-6-4-3-5-7-13/h3-9H,10-12,18H2,1-2H3,(H,19,22). The average Bonchev–Trinajstić information content (AvgIpc) is 2.55. The summed E-state index contributed by atoms with van der Waals surface area (Å²) in [7, 11) is 0. The molecule has 128 valence electrons. The fourth-order valence-corrected chi connectivity index (χ4v) is 2.21. The first-order valence-corrected chi connectivity index (χ1v) is 7.68. The highest BCUT2D eigenvalue weighted by Gasteiger charge is 2.19. The minimum atomic E-state index is -0.599. The van der Waals surface area contributed by atoms with Crippen LogP contribution in [0.1, 0.15) is 19.4 Å². The molecule has 0 aliphatic carbocycles. The number of carbonyl (C=O) groups is 1. The molecule has 7 heteroatoms. The highest BCUT2D eigenvalue weighted by molar-refractivity contribution is 5.76. The number of rotatable bonds is 6. The summed E-state index contributed by atoms with van der Waals surface area (Å²) in [4.78, 5) is 36.5. The van der Waals surface area contributed by atoms with Crippen molar-refractivity contribution in [3.8, 4) is 0 Å². The van der Waals surface area contributed by atoms with Crippen LogP contribution in [0.3, 0.4) is 0 Å². The van der Waals surface area contributed by atoms with Gasteiger partial charge in [0, 0.05) is 24.3 Å². The van der Waals surface area contributed by atoms with Crippen molar-refractivity contribution in [2.45, 2.75) is 32.5 Å². The van der Waals surface area contributed by atoms with Gasteiger partial charge in [-0.05, 0) is 19.4 Å². The number of nitrogens with zero attached hydrogens (tertiary/aromatic N) is 2. The molecule has 0 aliphatic heterocycles. The van der Waals surface area contributed by atoms with Crippen molar-refractivity contribution in [2.75, 3.05) is 6.54 Å². The first-order chi connectivity index (χ1) is 11.3. The molecule has 7 nitrogen and oxygen atoms in total. The minimum absolute atomic E-state index is 0.251. The fraction of sp³-hybridized carbons (Fsp3) is 0.353. The number of nitrogens with one attached hydrogen (secondary N) is 1. The highest BCUT2D eigenvalue weighted by Crippen LogP contribution is 2.00. The van der Waals surface area contributed by atoms with E-state index in [1.807, 2.05) is 30.3 Å². The molecule has 0 spiro atoms. The molecule has 1 aromatic heterocycles. The Bertz CT molecular complexity index is 822. The third-order valence-electron chi connectivity index (χ3n) is 3.63. The Kier molecular flexibility index (Phi) is 5.35. The molecule has 3 N–H and O–H groups in total. The van der Waals surface area contributed by atoms with Gasteiger partial charge in [0.2, 0.25) is 5.91 Å². The number of carbonyl (C=O) groups excluding carboxylic acids is 1. The molecule has 0 aliphatic rings. The van der Waals surface area contributed by atoms with Gasteiger partial charge < -0.3 is 11.1 Å². The summed E-state index contributed by atoms with van der Waals surface area (Å²) in [6.07, 6.45) is 1.44. The lowest BCUT2D eigenvalue weighted by Gasteiger charge is -2.24. The molecule has 0 saturated carbocycles. The van der Waals surface area contributed by atoms with E-state index in [1.165, 1.54) is 16.8 Å². The zero-order valence-electron chi connectivity index (χ0n) is 13.9. The molecule has 1 heterocycles. The molecular weight excluding hydrogens is 308 g/mol. The Hall–Kier alpha value is -2.67. The SMILES string of the molecule is CC(C)(CN)NC(=O)Cn1c(=O)ccn(Cc2ccccc2)c1=O. The maximum Gasteiger partial charge on any atom is 0.331 e. The molecule has 0 saturated heterocycles. The number of aromatic nitrogens is 2. The van der Waals surface area contributed by atoms with Gasteiger partial charge in [-0.3, -0.25) is 18.7 Å². The van der Waals surface area contributed by atoms with Crippen LogP contribution in [0.5, 0.6) is 0 Å². The van der Waals surface area contributed by atoms with Gasteiger partial charge in [0.15, 0.2) is 0 Å². The summed E-state index contributed by atoms with van der Waals surface area (Å²) in [6, 6.07) is 10.7. The molecule has 0 fully saturated rings. The minimum Gasteiger partial charge on any atom is -0.348 e. The van der Waals surface area contributed by atoms with Gasteiger partial charge >= 0.3 is 5.69 Å². The molecular formula is C17H22N4O3. The van der Waals surface area contributed by atoms with E-state index in [2.05, 4.69) is 5.32 Å². The van der Waals surface area contributed by atoms with Crippen LogP contribution in [0.15, 0.2) is 52.2 Å². The van der Waals surface area contributed by atoms with Crippen LogP contribution in [0, 0.1) is 0 Å². The third kappa shape index (κ3) is 4.42. The van der Waals surface area contributed by atoms with Gasteiger partial charge in [-0.15, -0.1) is 0 Å². The summed E-state index contributed by atoms with van der Waals surface area (Å²) < 4.78 is 2.32.